The maximum absolute atomic E-state index is 13.3. The average Bonchev–Trinajstić information content (AvgIpc) is 3.05. The zero-order chi connectivity index (χ0) is 16.5. The van der Waals surface area contributed by atoms with Crippen molar-refractivity contribution in [3.05, 3.63) is 48.3 Å². The van der Waals surface area contributed by atoms with Crippen LogP contribution in [-0.4, -0.2) is 38.3 Å². The maximum atomic E-state index is 13.3. The van der Waals surface area contributed by atoms with Gasteiger partial charge < -0.3 is 14.5 Å². The van der Waals surface area contributed by atoms with E-state index in [0.29, 0.717) is 0 Å². The molecule has 24 heavy (non-hydrogen) atoms. The zero-order valence-electron chi connectivity index (χ0n) is 13.4. The number of para-hydroxylation sites is 2. The minimum absolute atomic E-state index is 0.210. The Morgan fingerprint density at radius 3 is 2.58 bits per heavy atom. The highest BCUT2D eigenvalue weighted by atomic mass is 32.1. The summed E-state index contributed by atoms with van der Waals surface area (Å²) in [7, 11) is 1.70. The number of ether oxygens (including phenoxy) is 1. The van der Waals surface area contributed by atoms with Crippen molar-refractivity contribution in [1.29, 1.82) is 0 Å². The summed E-state index contributed by atoms with van der Waals surface area (Å²) in [6, 6.07) is 12.9. The molecule has 1 aliphatic rings. The fourth-order valence-corrected chi connectivity index (χ4v) is 4.09. The topological polar surface area (TPSA) is 28.6 Å². The summed E-state index contributed by atoms with van der Waals surface area (Å²) in [6.07, 6.45) is 0. The fourth-order valence-electron chi connectivity index (χ4n) is 3.05. The third kappa shape index (κ3) is 2.78. The molecule has 4 nitrogen and oxygen atoms in total. The summed E-state index contributed by atoms with van der Waals surface area (Å²) in [5.41, 5.74) is 1.99. The van der Waals surface area contributed by atoms with Gasteiger partial charge in [0.05, 0.1) is 23.0 Å². The lowest BCUT2D eigenvalue weighted by atomic mass is 10.2. The Hall–Kier alpha value is -2.34. The summed E-state index contributed by atoms with van der Waals surface area (Å²) in [4.78, 5) is 9.25. The number of hydrogen-bond donors (Lipinski definition) is 0. The molecule has 0 saturated carbocycles. The molecule has 0 unspecified atom stereocenters. The Morgan fingerprint density at radius 1 is 1.04 bits per heavy atom. The Bertz CT molecular complexity index is 858. The second-order valence-electron chi connectivity index (χ2n) is 5.75. The van der Waals surface area contributed by atoms with Crippen molar-refractivity contribution in [1.82, 2.24) is 4.98 Å². The van der Waals surface area contributed by atoms with Gasteiger partial charge in [0.25, 0.3) is 0 Å². The number of hydrogen-bond acceptors (Lipinski definition) is 5. The van der Waals surface area contributed by atoms with Crippen molar-refractivity contribution in [2.45, 2.75) is 0 Å². The zero-order valence-corrected chi connectivity index (χ0v) is 14.2. The summed E-state index contributed by atoms with van der Waals surface area (Å²) in [6.45, 7) is 3.59. The monoisotopic (exact) mass is 343 g/mol. The smallest absolute Gasteiger partial charge is 0.186 e. The second-order valence-corrected chi connectivity index (χ2v) is 6.76. The minimum Gasteiger partial charge on any atom is -0.495 e. The summed E-state index contributed by atoms with van der Waals surface area (Å²) < 4.78 is 19.7. The third-order valence-electron chi connectivity index (χ3n) is 4.32. The molecular formula is C18H18FN3OS. The Labute approximate surface area is 144 Å². The van der Waals surface area contributed by atoms with Gasteiger partial charge in [-0.2, -0.15) is 0 Å². The van der Waals surface area contributed by atoms with Gasteiger partial charge in [-0.25, -0.2) is 9.37 Å². The quantitative estimate of drug-likeness (QED) is 0.724. The summed E-state index contributed by atoms with van der Waals surface area (Å²) in [5, 5.41) is 0.968. The molecule has 2 heterocycles. The molecule has 0 spiro atoms. The Morgan fingerprint density at radius 2 is 1.79 bits per heavy atom. The minimum atomic E-state index is -0.210. The Kier molecular flexibility index (Phi) is 3.98. The van der Waals surface area contributed by atoms with E-state index in [1.165, 1.54) is 6.07 Å². The lowest BCUT2D eigenvalue weighted by Crippen LogP contribution is -2.46. The first-order valence-electron chi connectivity index (χ1n) is 7.93. The van der Waals surface area contributed by atoms with E-state index < -0.39 is 0 Å². The van der Waals surface area contributed by atoms with Gasteiger partial charge in [0, 0.05) is 26.2 Å². The van der Waals surface area contributed by atoms with E-state index in [1.54, 1.807) is 30.6 Å². The molecule has 4 rings (SSSR count). The van der Waals surface area contributed by atoms with Crippen LogP contribution >= 0.6 is 11.3 Å². The van der Waals surface area contributed by atoms with Crippen LogP contribution in [0.4, 0.5) is 15.2 Å². The predicted octanol–water partition coefficient (Wildman–Crippen LogP) is 3.77. The fraction of sp³-hybridized carbons (Fsp3) is 0.278. The molecule has 1 aliphatic heterocycles. The van der Waals surface area contributed by atoms with Crippen LogP contribution in [0.1, 0.15) is 0 Å². The molecule has 0 radical (unpaired) electrons. The summed E-state index contributed by atoms with van der Waals surface area (Å²) in [5.74, 6) is 0.695. The number of nitrogens with zero attached hydrogens (tertiary/aromatic N) is 3. The number of thiazole rings is 1. The standard InChI is InChI=1S/C18H18FN3OS/c1-23-16-5-3-2-4-15(16)21-8-10-22(11-9-21)18-20-14-7-6-13(19)12-17(14)24-18/h2-7,12H,8-11H2,1H3. The van der Waals surface area contributed by atoms with Crippen molar-refractivity contribution < 1.29 is 9.13 Å². The van der Waals surface area contributed by atoms with Crippen molar-refractivity contribution in [3.8, 4) is 5.75 Å². The van der Waals surface area contributed by atoms with Crippen LogP contribution in [0.15, 0.2) is 42.5 Å². The number of fused-ring (bicyclic) bond motifs is 1. The molecule has 124 valence electrons. The normalized spacial score (nSPS) is 15.1. The Balaban J connectivity index is 1.51. The maximum Gasteiger partial charge on any atom is 0.186 e. The number of benzene rings is 2. The highest BCUT2D eigenvalue weighted by Crippen LogP contribution is 2.32. The average molecular weight is 343 g/mol. The number of aromatic nitrogens is 1. The number of piperazine rings is 1. The van der Waals surface area contributed by atoms with Gasteiger partial charge in [-0.05, 0) is 30.3 Å². The number of rotatable bonds is 3. The number of methoxy groups -OCH3 is 1. The van der Waals surface area contributed by atoms with Gasteiger partial charge in [0.1, 0.15) is 11.6 Å². The van der Waals surface area contributed by atoms with Gasteiger partial charge in [-0.15, -0.1) is 0 Å². The molecule has 1 aromatic heterocycles. The van der Waals surface area contributed by atoms with Gasteiger partial charge in [-0.1, -0.05) is 23.5 Å². The van der Waals surface area contributed by atoms with Gasteiger partial charge in [-0.3, -0.25) is 0 Å². The largest absolute Gasteiger partial charge is 0.495 e. The molecule has 2 aromatic carbocycles. The van der Waals surface area contributed by atoms with Gasteiger partial charge >= 0.3 is 0 Å². The lowest BCUT2D eigenvalue weighted by Gasteiger charge is -2.36. The predicted molar refractivity (Wildman–Crippen MR) is 97.0 cm³/mol. The molecule has 6 heteroatoms. The van der Waals surface area contributed by atoms with Crippen molar-refractivity contribution in [3.63, 3.8) is 0 Å². The van der Waals surface area contributed by atoms with Crippen LogP contribution in [0, 0.1) is 5.82 Å². The first-order valence-corrected chi connectivity index (χ1v) is 8.75. The summed E-state index contributed by atoms with van der Waals surface area (Å²) >= 11 is 1.55. The van der Waals surface area contributed by atoms with Crippen LogP contribution in [-0.2, 0) is 0 Å². The lowest BCUT2D eigenvalue weighted by molar-refractivity contribution is 0.413. The van der Waals surface area contributed by atoms with Crippen LogP contribution < -0.4 is 14.5 Å². The number of anilines is 2. The van der Waals surface area contributed by atoms with Crippen LogP contribution in [0.3, 0.4) is 0 Å². The van der Waals surface area contributed by atoms with E-state index in [1.807, 2.05) is 18.2 Å². The van der Waals surface area contributed by atoms with Crippen molar-refractivity contribution in [2.24, 2.45) is 0 Å². The van der Waals surface area contributed by atoms with E-state index in [2.05, 4.69) is 20.9 Å². The van der Waals surface area contributed by atoms with Crippen molar-refractivity contribution >= 4 is 32.4 Å². The molecule has 0 aliphatic carbocycles. The van der Waals surface area contributed by atoms with Crippen LogP contribution in [0.2, 0.25) is 0 Å². The molecule has 1 fully saturated rings. The molecule has 0 bridgehead atoms. The number of halogens is 1. The molecule has 0 atom stereocenters. The van der Waals surface area contributed by atoms with E-state index in [-0.39, 0.29) is 5.82 Å². The molecule has 0 amide bonds. The van der Waals surface area contributed by atoms with Crippen molar-refractivity contribution in [2.75, 3.05) is 43.1 Å². The van der Waals surface area contributed by atoms with E-state index >= 15 is 0 Å². The molecule has 0 N–H and O–H groups in total. The van der Waals surface area contributed by atoms with Crippen LogP contribution in [0.25, 0.3) is 10.2 Å². The van der Waals surface area contributed by atoms with E-state index in [4.69, 9.17) is 4.74 Å². The van der Waals surface area contributed by atoms with E-state index in [0.717, 1.165) is 53.0 Å². The third-order valence-corrected chi connectivity index (χ3v) is 5.39. The molecule has 1 saturated heterocycles. The van der Waals surface area contributed by atoms with Crippen LogP contribution in [0.5, 0.6) is 5.75 Å². The second kappa shape index (κ2) is 6.28. The van der Waals surface area contributed by atoms with E-state index in [9.17, 15) is 4.39 Å². The van der Waals surface area contributed by atoms with Gasteiger partial charge in [0.15, 0.2) is 5.13 Å². The van der Waals surface area contributed by atoms with Gasteiger partial charge in [0.2, 0.25) is 0 Å². The first kappa shape index (κ1) is 15.2. The highest BCUT2D eigenvalue weighted by molar-refractivity contribution is 7.22. The SMILES string of the molecule is COc1ccccc1N1CCN(c2nc3ccc(F)cc3s2)CC1. The molecule has 3 aromatic rings. The highest BCUT2D eigenvalue weighted by Gasteiger charge is 2.21. The first-order chi connectivity index (χ1) is 11.7. The molecular weight excluding hydrogens is 325 g/mol.